The predicted octanol–water partition coefficient (Wildman–Crippen LogP) is 1.40. The SMILES string of the molecule is NC1=NC[C@H]2CN(c3ncc(F)cn3)C[C@]2(c2cccnc2)S1. The zero-order valence-electron chi connectivity index (χ0n) is 12.3. The Kier molecular flexibility index (Phi) is 3.41. The topological polar surface area (TPSA) is 80.3 Å². The summed E-state index contributed by atoms with van der Waals surface area (Å²) in [6.07, 6.45) is 6.03. The first-order valence-electron chi connectivity index (χ1n) is 7.29. The fraction of sp³-hybridized carbons (Fsp3) is 0.333. The quantitative estimate of drug-likeness (QED) is 0.897. The minimum absolute atomic E-state index is 0.224. The molecule has 2 aromatic rings. The van der Waals surface area contributed by atoms with Crippen LogP contribution >= 0.6 is 11.8 Å². The molecule has 0 aliphatic carbocycles. The lowest BCUT2D eigenvalue weighted by Crippen LogP contribution is -2.39. The summed E-state index contributed by atoms with van der Waals surface area (Å²) in [4.78, 5) is 18.9. The van der Waals surface area contributed by atoms with E-state index in [0.29, 0.717) is 24.2 Å². The highest BCUT2D eigenvalue weighted by atomic mass is 32.2. The third kappa shape index (κ3) is 2.42. The van der Waals surface area contributed by atoms with E-state index < -0.39 is 5.82 Å². The number of hydrogen-bond donors (Lipinski definition) is 1. The van der Waals surface area contributed by atoms with Gasteiger partial charge in [0, 0.05) is 37.9 Å². The van der Waals surface area contributed by atoms with Gasteiger partial charge < -0.3 is 10.6 Å². The second-order valence-corrected chi connectivity index (χ2v) is 7.04. The van der Waals surface area contributed by atoms with Crippen molar-refractivity contribution in [3.63, 3.8) is 0 Å². The van der Waals surface area contributed by atoms with E-state index >= 15 is 0 Å². The number of anilines is 1. The minimum Gasteiger partial charge on any atom is -0.379 e. The molecule has 2 aliphatic rings. The van der Waals surface area contributed by atoms with Gasteiger partial charge in [-0.3, -0.25) is 9.98 Å². The van der Waals surface area contributed by atoms with Crippen molar-refractivity contribution in [3.8, 4) is 0 Å². The summed E-state index contributed by atoms with van der Waals surface area (Å²) < 4.78 is 12.8. The van der Waals surface area contributed by atoms with Gasteiger partial charge in [-0.15, -0.1) is 0 Å². The molecule has 0 radical (unpaired) electrons. The van der Waals surface area contributed by atoms with Gasteiger partial charge in [-0.05, 0) is 11.6 Å². The van der Waals surface area contributed by atoms with Crippen LogP contribution in [0.2, 0.25) is 0 Å². The lowest BCUT2D eigenvalue weighted by molar-refractivity contribution is 0.486. The van der Waals surface area contributed by atoms with Gasteiger partial charge in [0.15, 0.2) is 11.0 Å². The summed E-state index contributed by atoms with van der Waals surface area (Å²) in [6, 6.07) is 4.00. The Bertz CT molecular complexity index is 737. The summed E-state index contributed by atoms with van der Waals surface area (Å²) >= 11 is 1.58. The molecule has 23 heavy (non-hydrogen) atoms. The number of hydrogen-bond acceptors (Lipinski definition) is 7. The van der Waals surface area contributed by atoms with E-state index in [4.69, 9.17) is 5.73 Å². The number of rotatable bonds is 2. The molecule has 118 valence electrons. The molecular weight excluding hydrogens is 315 g/mol. The molecule has 0 spiro atoms. The molecule has 2 aliphatic heterocycles. The van der Waals surface area contributed by atoms with Gasteiger partial charge >= 0.3 is 0 Å². The maximum absolute atomic E-state index is 13.1. The summed E-state index contributed by atoms with van der Waals surface area (Å²) in [5.41, 5.74) is 7.13. The Morgan fingerprint density at radius 2 is 2.13 bits per heavy atom. The minimum atomic E-state index is -0.436. The molecule has 0 unspecified atom stereocenters. The largest absolute Gasteiger partial charge is 0.379 e. The maximum Gasteiger partial charge on any atom is 0.225 e. The number of thioether (sulfide) groups is 1. The van der Waals surface area contributed by atoms with Crippen LogP contribution in [-0.4, -0.2) is 39.8 Å². The van der Waals surface area contributed by atoms with Crippen molar-refractivity contribution in [2.24, 2.45) is 16.6 Å². The highest BCUT2D eigenvalue weighted by Gasteiger charge is 2.51. The van der Waals surface area contributed by atoms with Gasteiger partial charge in [0.2, 0.25) is 5.95 Å². The van der Waals surface area contributed by atoms with E-state index in [1.165, 1.54) is 12.4 Å². The number of nitrogens with two attached hydrogens (primary N) is 1. The number of fused-ring (bicyclic) bond motifs is 1. The zero-order valence-corrected chi connectivity index (χ0v) is 13.1. The third-order valence-corrected chi connectivity index (χ3v) is 5.72. The van der Waals surface area contributed by atoms with Gasteiger partial charge in [0.1, 0.15) is 0 Å². The van der Waals surface area contributed by atoms with Crippen LogP contribution in [0.3, 0.4) is 0 Å². The van der Waals surface area contributed by atoms with Crippen molar-refractivity contribution in [2.45, 2.75) is 4.75 Å². The van der Waals surface area contributed by atoms with Crippen molar-refractivity contribution in [1.29, 1.82) is 0 Å². The average molecular weight is 330 g/mol. The Balaban J connectivity index is 1.72. The highest BCUT2D eigenvalue weighted by molar-refractivity contribution is 8.14. The number of amidine groups is 1. The van der Waals surface area contributed by atoms with Gasteiger partial charge in [-0.25, -0.2) is 14.4 Å². The van der Waals surface area contributed by atoms with E-state index in [0.717, 1.165) is 12.1 Å². The van der Waals surface area contributed by atoms with E-state index in [-0.39, 0.29) is 10.7 Å². The van der Waals surface area contributed by atoms with Crippen molar-refractivity contribution < 1.29 is 4.39 Å². The molecule has 4 heterocycles. The first-order valence-corrected chi connectivity index (χ1v) is 8.11. The van der Waals surface area contributed by atoms with Crippen LogP contribution in [0.1, 0.15) is 5.56 Å². The van der Waals surface area contributed by atoms with E-state index in [9.17, 15) is 4.39 Å². The lowest BCUT2D eigenvalue weighted by atomic mass is 9.88. The highest BCUT2D eigenvalue weighted by Crippen LogP contribution is 2.50. The second-order valence-electron chi connectivity index (χ2n) is 5.69. The number of pyridine rings is 1. The van der Waals surface area contributed by atoms with Crippen molar-refractivity contribution in [3.05, 3.63) is 48.3 Å². The molecule has 6 nitrogen and oxygen atoms in total. The fourth-order valence-corrected chi connectivity index (χ4v) is 4.54. The molecule has 0 aromatic carbocycles. The number of aliphatic imine (C=N–C) groups is 1. The number of aromatic nitrogens is 3. The summed E-state index contributed by atoms with van der Waals surface area (Å²) in [7, 11) is 0. The molecule has 2 atom stereocenters. The van der Waals surface area contributed by atoms with Crippen LogP contribution < -0.4 is 10.6 Å². The molecule has 0 bridgehead atoms. The average Bonchev–Trinajstić information content (AvgIpc) is 2.96. The number of halogens is 1. The van der Waals surface area contributed by atoms with Crippen LogP contribution in [-0.2, 0) is 4.75 Å². The molecule has 2 N–H and O–H groups in total. The van der Waals surface area contributed by atoms with Crippen molar-refractivity contribution >= 4 is 22.9 Å². The molecule has 1 fully saturated rings. The third-order valence-electron chi connectivity index (χ3n) is 4.32. The van der Waals surface area contributed by atoms with Gasteiger partial charge in [-0.2, -0.15) is 0 Å². The van der Waals surface area contributed by atoms with E-state index in [1.54, 1.807) is 18.0 Å². The van der Waals surface area contributed by atoms with E-state index in [1.807, 2.05) is 12.3 Å². The Hall–Kier alpha value is -2.22. The molecule has 0 amide bonds. The lowest BCUT2D eigenvalue weighted by Gasteiger charge is -2.35. The number of nitrogens with zero attached hydrogens (tertiary/aromatic N) is 5. The van der Waals surface area contributed by atoms with E-state index in [2.05, 4.69) is 30.9 Å². The van der Waals surface area contributed by atoms with Crippen LogP contribution in [0.5, 0.6) is 0 Å². The van der Waals surface area contributed by atoms with Crippen LogP contribution in [0.25, 0.3) is 0 Å². The van der Waals surface area contributed by atoms with Crippen LogP contribution in [0.4, 0.5) is 10.3 Å². The Morgan fingerprint density at radius 1 is 1.30 bits per heavy atom. The van der Waals surface area contributed by atoms with Crippen LogP contribution in [0.15, 0.2) is 41.9 Å². The van der Waals surface area contributed by atoms with Crippen molar-refractivity contribution in [2.75, 3.05) is 24.5 Å². The molecule has 4 rings (SSSR count). The molecule has 2 aromatic heterocycles. The Morgan fingerprint density at radius 3 is 2.87 bits per heavy atom. The summed E-state index contributed by atoms with van der Waals surface area (Å²) in [5, 5.41) is 0.590. The smallest absolute Gasteiger partial charge is 0.225 e. The zero-order chi connectivity index (χ0) is 15.9. The molecule has 1 saturated heterocycles. The normalized spacial score (nSPS) is 26.7. The maximum atomic E-state index is 13.1. The molecular formula is C15H15FN6S. The molecule has 8 heteroatoms. The van der Waals surface area contributed by atoms with Crippen molar-refractivity contribution in [1.82, 2.24) is 15.0 Å². The van der Waals surface area contributed by atoms with Crippen LogP contribution in [0, 0.1) is 11.7 Å². The first kappa shape index (κ1) is 14.4. The Labute approximate surface area is 137 Å². The molecule has 0 saturated carbocycles. The predicted molar refractivity (Wildman–Crippen MR) is 87.7 cm³/mol. The van der Waals surface area contributed by atoms with Gasteiger partial charge in [0.05, 0.1) is 17.1 Å². The first-order chi connectivity index (χ1) is 11.2. The fourth-order valence-electron chi connectivity index (χ4n) is 3.25. The monoisotopic (exact) mass is 330 g/mol. The standard InChI is InChI=1S/C15H15FN6S/c16-12-6-20-14(21-7-12)22-8-11-5-19-13(17)23-15(11,9-22)10-2-1-3-18-4-10/h1-4,6-7,11H,5,8-9H2,(H2,17,19)/t11-,15+/m0/s1. The van der Waals surface area contributed by atoms with Gasteiger partial charge in [-0.1, -0.05) is 17.8 Å². The van der Waals surface area contributed by atoms with Gasteiger partial charge in [0.25, 0.3) is 0 Å². The summed E-state index contributed by atoms with van der Waals surface area (Å²) in [5.74, 6) is 0.371. The second kappa shape index (κ2) is 5.45. The summed E-state index contributed by atoms with van der Waals surface area (Å²) in [6.45, 7) is 2.10.